The molecule has 0 bridgehead atoms. The lowest BCUT2D eigenvalue weighted by molar-refractivity contribution is 0.0635. The number of nitrogens with two attached hydrogens (primary N) is 1. The van der Waals surface area contributed by atoms with Crippen molar-refractivity contribution in [1.29, 1.82) is 0 Å². The van der Waals surface area contributed by atoms with Crippen molar-refractivity contribution in [3.63, 3.8) is 0 Å². The van der Waals surface area contributed by atoms with Crippen LogP contribution in [0.25, 0.3) is 0 Å². The van der Waals surface area contributed by atoms with Gasteiger partial charge in [-0.2, -0.15) is 0 Å². The van der Waals surface area contributed by atoms with Crippen molar-refractivity contribution in [3.05, 3.63) is 72.3 Å². The SMILES string of the molecule is COc1ccc(C(=O)Nc2ccc(Oc3ccc(NC(=O)OC(C)(C)C)cc3)c(N)c2)cc1. The van der Waals surface area contributed by atoms with E-state index in [-0.39, 0.29) is 5.91 Å². The number of anilines is 3. The molecular weight excluding hydrogens is 422 g/mol. The fourth-order valence-corrected chi connectivity index (χ4v) is 2.82. The van der Waals surface area contributed by atoms with E-state index in [1.54, 1.807) is 94.6 Å². The van der Waals surface area contributed by atoms with E-state index in [2.05, 4.69) is 10.6 Å². The fraction of sp³-hybridized carbons (Fsp3) is 0.200. The highest BCUT2D eigenvalue weighted by atomic mass is 16.6. The van der Waals surface area contributed by atoms with Gasteiger partial charge in [-0.25, -0.2) is 4.79 Å². The number of nitrogen functional groups attached to an aromatic ring is 1. The highest BCUT2D eigenvalue weighted by Crippen LogP contribution is 2.30. The van der Waals surface area contributed by atoms with Crippen LogP contribution in [0.1, 0.15) is 31.1 Å². The molecule has 172 valence electrons. The first-order chi connectivity index (χ1) is 15.6. The molecule has 0 heterocycles. The predicted molar refractivity (Wildman–Crippen MR) is 128 cm³/mol. The minimum Gasteiger partial charge on any atom is -0.497 e. The summed E-state index contributed by atoms with van der Waals surface area (Å²) in [5, 5.41) is 5.46. The average molecular weight is 450 g/mol. The third kappa shape index (κ3) is 6.90. The van der Waals surface area contributed by atoms with E-state index < -0.39 is 11.7 Å². The Kier molecular flexibility index (Phi) is 7.07. The fourth-order valence-electron chi connectivity index (χ4n) is 2.82. The maximum Gasteiger partial charge on any atom is 0.412 e. The first-order valence-electron chi connectivity index (χ1n) is 10.3. The van der Waals surface area contributed by atoms with Gasteiger partial charge >= 0.3 is 6.09 Å². The van der Waals surface area contributed by atoms with E-state index in [4.69, 9.17) is 19.9 Å². The summed E-state index contributed by atoms with van der Waals surface area (Å²) in [4.78, 5) is 24.3. The van der Waals surface area contributed by atoms with Crippen LogP contribution in [0.2, 0.25) is 0 Å². The highest BCUT2D eigenvalue weighted by molar-refractivity contribution is 6.04. The molecule has 0 aliphatic carbocycles. The van der Waals surface area contributed by atoms with Crippen LogP contribution in [0.4, 0.5) is 21.9 Å². The van der Waals surface area contributed by atoms with Gasteiger partial charge in [0.2, 0.25) is 0 Å². The molecule has 0 radical (unpaired) electrons. The van der Waals surface area contributed by atoms with Gasteiger partial charge in [0, 0.05) is 16.9 Å². The van der Waals surface area contributed by atoms with E-state index in [1.165, 1.54) is 0 Å². The molecule has 8 heteroatoms. The molecule has 3 rings (SSSR count). The minimum atomic E-state index is -0.578. The lowest BCUT2D eigenvalue weighted by Gasteiger charge is -2.19. The number of hydrogen-bond donors (Lipinski definition) is 3. The Bertz CT molecular complexity index is 1120. The summed E-state index contributed by atoms with van der Waals surface area (Å²) in [5.74, 6) is 1.38. The molecule has 2 amide bonds. The summed E-state index contributed by atoms with van der Waals surface area (Å²) in [6.45, 7) is 5.39. The number of rotatable bonds is 6. The molecule has 0 aliphatic rings. The summed E-state index contributed by atoms with van der Waals surface area (Å²) in [7, 11) is 1.57. The van der Waals surface area contributed by atoms with Crippen LogP contribution < -0.4 is 25.8 Å². The van der Waals surface area contributed by atoms with Crippen LogP contribution in [0.15, 0.2) is 66.7 Å². The molecule has 8 nitrogen and oxygen atoms in total. The molecule has 0 saturated carbocycles. The van der Waals surface area contributed by atoms with Crippen LogP contribution in [0.3, 0.4) is 0 Å². The average Bonchev–Trinajstić information content (AvgIpc) is 2.75. The standard InChI is InChI=1S/C25H27N3O5/c1-25(2,3)33-24(30)28-17-7-12-20(13-8-17)32-22-14-9-18(15-21(22)26)27-23(29)16-5-10-19(31-4)11-6-16/h5-15H,26H2,1-4H3,(H,27,29)(H,28,30). The second-order valence-corrected chi connectivity index (χ2v) is 8.19. The van der Waals surface area contributed by atoms with Crippen molar-refractivity contribution < 1.29 is 23.8 Å². The van der Waals surface area contributed by atoms with Gasteiger partial charge in [-0.1, -0.05) is 0 Å². The Morgan fingerprint density at radius 1 is 0.818 bits per heavy atom. The maximum absolute atomic E-state index is 12.4. The summed E-state index contributed by atoms with van der Waals surface area (Å²) >= 11 is 0. The van der Waals surface area contributed by atoms with Gasteiger partial charge in [-0.3, -0.25) is 10.1 Å². The van der Waals surface area contributed by atoms with Crippen LogP contribution in [-0.2, 0) is 4.74 Å². The number of ether oxygens (including phenoxy) is 3. The molecule has 33 heavy (non-hydrogen) atoms. The molecule has 3 aromatic carbocycles. The third-order valence-corrected chi connectivity index (χ3v) is 4.35. The topological polar surface area (TPSA) is 112 Å². The Hall–Kier alpha value is -4.20. The lowest BCUT2D eigenvalue weighted by Crippen LogP contribution is -2.27. The van der Waals surface area contributed by atoms with Gasteiger partial charge in [-0.15, -0.1) is 0 Å². The molecule has 3 aromatic rings. The quantitative estimate of drug-likeness (QED) is 0.418. The normalized spacial score (nSPS) is 10.8. The molecule has 4 N–H and O–H groups in total. The summed E-state index contributed by atoms with van der Waals surface area (Å²) in [5.41, 5.74) is 7.50. The van der Waals surface area contributed by atoms with Crippen LogP contribution in [0, 0.1) is 0 Å². The second-order valence-electron chi connectivity index (χ2n) is 8.19. The number of carbonyl (C=O) groups excluding carboxylic acids is 2. The van der Waals surface area contributed by atoms with Crippen LogP contribution >= 0.6 is 0 Å². The van der Waals surface area contributed by atoms with Gasteiger partial charge in [0.15, 0.2) is 0 Å². The number of nitrogens with one attached hydrogen (secondary N) is 2. The lowest BCUT2D eigenvalue weighted by atomic mass is 10.2. The summed E-state index contributed by atoms with van der Waals surface area (Å²) in [6, 6.07) is 18.6. The monoisotopic (exact) mass is 449 g/mol. The minimum absolute atomic E-state index is 0.265. The van der Waals surface area contributed by atoms with E-state index in [1.807, 2.05) is 0 Å². The molecule has 0 aliphatic heterocycles. The first kappa shape index (κ1) is 23.5. The first-order valence-corrected chi connectivity index (χ1v) is 10.3. The van der Waals surface area contributed by atoms with E-state index in [9.17, 15) is 9.59 Å². The van der Waals surface area contributed by atoms with Crippen molar-refractivity contribution in [2.24, 2.45) is 0 Å². The molecule has 0 aromatic heterocycles. The molecule has 0 fully saturated rings. The van der Waals surface area contributed by atoms with E-state index in [0.29, 0.717) is 39.9 Å². The van der Waals surface area contributed by atoms with Crippen molar-refractivity contribution in [2.45, 2.75) is 26.4 Å². The number of methoxy groups -OCH3 is 1. The Labute approximate surface area is 192 Å². The summed E-state index contributed by atoms with van der Waals surface area (Å²) < 4.78 is 16.2. The molecule has 0 saturated heterocycles. The molecule has 0 atom stereocenters. The van der Waals surface area contributed by atoms with Gasteiger partial charge < -0.3 is 25.3 Å². The van der Waals surface area contributed by atoms with Crippen molar-refractivity contribution in [3.8, 4) is 17.2 Å². The number of carbonyl (C=O) groups is 2. The van der Waals surface area contributed by atoms with Gasteiger partial charge in [0.05, 0.1) is 12.8 Å². The zero-order valence-corrected chi connectivity index (χ0v) is 19.0. The van der Waals surface area contributed by atoms with Gasteiger partial charge in [0.1, 0.15) is 22.8 Å². The number of amides is 2. The Balaban J connectivity index is 1.60. The third-order valence-electron chi connectivity index (χ3n) is 4.35. The summed E-state index contributed by atoms with van der Waals surface area (Å²) in [6.07, 6.45) is -0.535. The Morgan fingerprint density at radius 3 is 2.00 bits per heavy atom. The Morgan fingerprint density at radius 2 is 1.42 bits per heavy atom. The zero-order chi connectivity index (χ0) is 24.0. The van der Waals surface area contributed by atoms with Gasteiger partial charge in [0.25, 0.3) is 5.91 Å². The molecular formula is C25H27N3O5. The van der Waals surface area contributed by atoms with Crippen molar-refractivity contribution >= 4 is 29.1 Å². The van der Waals surface area contributed by atoms with Crippen LogP contribution in [-0.4, -0.2) is 24.7 Å². The largest absolute Gasteiger partial charge is 0.497 e. The maximum atomic E-state index is 12.4. The highest BCUT2D eigenvalue weighted by Gasteiger charge is 2.16. The second kappa shape index (κ2) is 9.95. The number of hydrogen-bond acceptors (Lipinski definition) is 6. The smallest absolute Gasteiger partial charge is 0.412 e. The van der Waals surface area contributed by atoms with Crippen molar-refractivity contribution in [2.75, 3.05) is 23.5 Å². The van der Waals surface area contributed by atoms with Crippen LogP contribution in [0.5, 0.6) is 17.2 Å². The van der Waals surface area contributed by atoms with Gasteiger partial charge in [-0.05, 0) is 87.5 Å². The zero-order valence-electron chi connectivity index (χ0n) is 19.0. The predicted octanol–water partition coefficient (Wildman–Crippen LogP) is 5.67. The molecule has 0 spiro atoms. The molecule has 0 unspecified atom stereocenters. The van der Waals surface area contributed by atoms with Crippen molar-refractivity contribution in [1.82, 2.24) is 0 Å². The van der Waals surface area contributed by atoms with E-state index >= 15 is 0 Å². The number of benzene rings is 3. The van der Waals surface area contributed by atoms with E-state index in [0.717, 1.165) is 0 Å².